The number of carbonyl (C=O) groups is 1. The number of esters is 1. The number of methoxy groups -OCH3 is 2. The monoisotopic (exact) mass is 309 g/mol. The maximum absolute atomic E-state index is 12.6. The number of para-hydroxylation sites is 1. The molecule has 1 aromatic rings. The van der Waals surface area contributed by atoms with E-state index < -0.39 is 0 Å². The van der Waals surface area contributed by atoms with Gasteiger partial charge in [0.15, 0.2) is 11.5 Å². The molecule has 0 spiro atoms. The zero-order valence-electron chi connectivity index (χ0n) is 13.3. The van der Waals surface area contributed by atoms with Gasteiger partial charge in [-0.05, 0) is 18.6 Å². The Kier molecular flexibility index (Phi) is 6.03. The van der Waals surface area contributed by atoms with Gasteiger partial charge in [0, 0.05) is 13.1 Å². The van der Waals surface area contributed by atoms with Crippen LogP contribution in [0, 0.1) is 0 Å². The Balaban J connectivity index is 2.16. The first-order valence-electron chi connectivity index (χ1n) is 7.45. The average Bonchev–Trinajstić information content (AvgIpc) is 2.56. The van der Waals surface area contributed by atoms with Crippen molar-refractivity contribution in [1.29, 1.82) is 0 Å². The smallest absolute Gasteiger partial charge is 0.329 e. The van der Waals surface area contributed by atoms with Crippen molar-refractivity contribution in [2.45, 2.75) is 19.4 Å². The molecule has 6 heteroatoms. The van der Waals surface area contributed by atoms with Gasteiger partial charge in [-0.3, -0.25) is 4.90 Å². The van der Waals surface area contributed by atoms with Crippen molar-refractivity contribution < 1.29 is 23.7 Å². The molecule has 1 saturated heterocycles. The quantitative estimate of drug-likeness (QED) is 0.589. The van der Waals surface area contributed by atoms with Gasteiger partial charge < -0.3 is 18.9 Å². The molecule has 1 fully saturated rings. The molecular weight excluding hydrogens is 286 g/mol. The highest BCUT2D eigenvalue weighted by atomic mass is 16.6. The number of benzene rings is 1. The lowest BCUT2D eigenvalue weighted by Gasteiger charge is -2.32. The molecule has 122 valence electrons. The Bertz CT molecular complexity index is 477. The van der Waals surface area contributed by atoms with Crippen LogP contribution in [-0.4, -0.2) is 57.4 Å². The topological polar surface area (TPSA) is 57.2 Å². The van der Waals surface area contributed by atoms with Crippen molar-refractivity contribution in [2.24, 2.45) is 0 Å². The first kappa shape index (κ1) is 16.6. The number of carbonyl (C=O) groups excluding carboxylic acids is 1. The Hall–Kier alpha value is -1.79. The van der Waals surface area contributed by atoms with Crippen LogP contribution in [0.1, 0.15) is 13.3 Å². The van der Waals surface area contributed by atoms with E-state index in [-0.39, 0.29) is 12.0 Å². The van der Waals surface area contributed by atoms with E-state index in [1.807, 2.05) is 6.92 Å². The number of rotatable bonds is 6. The first-order valence-corrected chi connectivity index (χ1v) is 7.45. The maximum Gasteiger partial charge on any atom is 0.329 e. The van der Waals surface area contributed by atoms with Crippen LogP contribution < -0.4 is 14.2 Å². The molecule has 1 aromatic carbocycles. The summed E-state index contributed by atoms with van der Waals surface area (Å²) < 4.78 is 21.4. The van der Waals surface area contributed by atoms with Crippen LogP contribution in [0.5, 0.6) is 17.2 Å². The average molecular weight is 309 g/mol. The molecule has 1 aliphatic rings. The number of nitrogens with zero attached hydrogens (tertiary/aromatic N) is 1. The SMILES string of the molecule is CCC(C(=O)Oc1c(OC)cccc1OC)N1CCOCC1. The molecule has 6 nitrogen and oxygen atoms in total. The van der Waals surface area contributed by atoms with Crippen LogP contribution in [0.15, 0.2) is 18.2 Å². The highest BCUT2D eigenvalue weighted by Crippen LogP contribution is 2.37. The van der Waals surface area contributed by atoms with Gasteiger partial charge in [-0.2, -0.15) is 0 Å². The third kappa shape index (κ3) is 3.69. The van der Waals surface area contributed by atoms with Gasteiger partial charge >= 0.3 is 5.97 Å². The van der Waals surface area contributed by atoms with Crippen molar-refractivity contribution in [3.63, 3.8) is 0 Å². The second kappa shape index (κ2) is 8.00. The van der Waals surface area contributed by atoms with Crippen molar-refractivity contribution in [3.05, 3.63) is 18.2 Å². The summed E-state index contributed by atoms with van der Waals surface area (Å²) in [6, 6.07) is 4.97. The zero-order chi connectivity index (χ0) is 15.9. The predicted octanol–water partition coefficient (Wildman–Crippen LogP) is 1.72. The van der Waals surface area contributed by atoms with Crippen molar-refractivity contribution in [3.8, 4) is 17.2 Å². The highest BCUT2D eigenvalue weighted by molar-refractivity contribution is 5.79. The number of morpholine rings is 1. The Morgan fingerprint density at radius 1 is 1.23 bits per heavy atom. The van der Waals surface area contributed by atoms with Crippen LogP contribution in [0.3, 0.4) is 0 Å². The van der Waals surface area contributed by atoms with Crippen LogP contribution in [0.25, 0.3) is 0 Å². The minimum atomic E-state index is -0.299. The van der Waals surface area contributed by atoms with Gasteiger partial charge in [-0.25, -0.2) is 4.79 Å². The van der Waals surface area contributed by atoms with E-state index in [2.05, 4.69) is 4.90 Å². The molecule has 0 saturated carbocycles. The molecule has 0 aliphatic carbocycles. The van der Waals surface area contributed by atoms with E-state index in [1.165, 1.54) is 14.2 Å². The lowest BCUT2D eigenvalue weighted by atomic mass is 10.2. The molecule has 1 aliphatic heterocycles. The third-order valence-electron chi connectivity index (χ3n) is 3.73. The van der Waals surface area contributed by atoms with Gasteiger partial charge in [0.25, 0.3) is 0 Å². The minimum absolute atomic E-state index is 0.293. The Morgan fingerprint density at radius 3 is 2.32 bits per heavy atom. The van der Waals surface area contributed by atoms with Crippen LogP contribution in [0.4, 0.5) is 0 Å². The second-order valence-electron chi connectivity index (χ2n) is 4.99. The summed E-state index contributed by atoms with van der Waals surface area (Å²) >= 11 is 0. The van der Waals surface area contributed by atoms with Gasteiger partial charge in [-0.1, -0.05) is 13.0 Å². The van der Waals surface area contributed by atoms with E-state index in [9.17, 15) is 4.79 Å². The minimum Gasteiger partial charge on any atom is -0.493 e. The van der Waals surface area contributed by atoms with E-state index in [0.29, 0.717) is 36.9 Å². The summed E-state index contributed by atoms with van der Waals surface area (Å²) in [6.45, 7) is 4.72. The predicted molar refractivity (Wildman–Crippen MR) is 81.7 cm³/mol. The molecule has 0 bridgehead atoms. The molecule has 22 heavy (non-hydrogen) atoms. The molecular formula is C16H23NO5. The lowest BCUT2D eigenvalue weighted by molar-refractivity contribution is -0.142. The van der Waals surface area contributed by atoms with Gasteiger partial charge in [-0.15, -0.1) is 0 Å². The highest BCUT2D eigenvalue weighted by Gasteiger charge is 2.29. The second-order valence-corrected chi connectivity index (χ2v) is 4.99. The molecule has 1 unspecified atom stereocenters. The summed E-state index contributed by atoms with van der Waals surface area (Å²) in [5.41, 5.74) is 0. The maximum atomic E-state index is 12.6. The van der Waals surface area contributed by atoms with Crippen LogP contribution >= 0.6 is 0 Å². The molecule has 1 atom stereocenters. The summed E-state index contributed by atoms with van der Waals surface area (Å²) in [6.07, 6.45) is 0.677. The fourth-order valence-corrected chi connectivity index (χ4v) is 2.55. The standard InChI is InChI=1S/C16H23NO5/c1-4-12(17-8-10-21-11-9-17)16(18)22-15-13(19-2)6-5-7-14(15)20-3/h5-7,12H,4,8-11H2,1-3H3. The van der Waals surface area contributed by atoms with E-state index in [1.54, 1.807) is 18.2 Å². The number of hydrogen-bond donors (Lipinski definition) is 0. The summed E-state index contributed by atoms with van der Waals surface area (Å²) in [5.74, 6) is 0.977. The van der Waals surface area contributed by atoms with Gasteiger partial charge in [0.05, 0.1) is 27.4 Å². The summed E-state index contributed by atoms with van der Waals surface area (Å²) in [7, 11) is 3.07. The van der Waals surface area contributed by atoms with E-state index >= 15 is 0 Å². The van der Waals surface area contributed by atoms with E-state index in [0.717, 1.165) is 13.1 Å². The van der Waals surface area contributed by atoms with Gasteiger partial charge in [0.1, 0.15) is 6.04 Å². The van der Waals surface area contributed by atoms with E-state index in [4.69, 9.17) is 18.9 Å². The Labute approximate surface area is 130 Å². The van der Waals surface area contributed by atoms with Crippen molar-refractivity contribution >= 4 is 5.97 Å². The third-order valence-corrected chi connectivity index (χ3v) is 3.73. The molecule has 0 amide bonds. The summed E-state index contributed by atoms with van der Waals surface area (Å²) in [5, 5.41) is 0. The van der Waals surface area contributed by atoms with Crippen LogP contribution in [-0.2, 0) is 9.53 Å². The zero-order valence-corrected chi connectivity index (χ0v) is 13.3. The number of ether oxygens (including phenoxy) is 4. The molecule has 0 radical (unpaired) electrons. The molecule has 0 N–H and O–H groups in total. The molecule has 1 heterocycles. The molecule has 0 aromatic heterocycles. The lowest BCUT2D eigenvalue weighted by Crippen LogP contribution is -2.48. The summed E-state index contributed by atoms with van der Waals surface area (Å²) in [4.78, 5) is 14.7. The van der Waals surface area contributed by atoms with Crippen molar-refractivity contribution in [1.82, 2.24) is 4.90 Å². The number of hydrogen-bond acceptors (Lipinski definition) is 6. The van der Waals surface area contributed by atoms with Gasteiger partial charge in [0.2, 0.25) is 5.75 Å². The fourth-order valence-electron chi connectivity index (χ4n) is 2.55. The first-order chi connectivity index (χ1) is 10.7. The molecule has 2 rings (SSSR count). The fraction of sp³-hybridized carbons (Fsp3) is 0.562. The largest absolute Gasteiger partial charge is 0.493 e. The van der Waals surface area contributed by atoms with Crippen LogP contribution in [0.2, 0.25) is 0 Å². The van der Waals surface area contributed by atoms with Crippen molar-refractivity contribution in [2.75, 3.05) is 40.5 Å². The Morgan fingerprint density at radius 2 is 1.82 bits per heavy atom. The normalized spacial score (nSPS) is 16.9.